The molecule has 0 saturated heterocycles. The summed E-state index contributed by atoms with van der Waals surface area (Å²) in [4.78, 5) is 10.8. The summed E-state index contributed by atoms with van der Waals surface area (Å²) in [7, 11) is 0. The van der Waals surface area contributed by atoms with Crippen molar-refractivity contribution in [3.63, 3.8) is 0 Å². The number of unbranched alkanes of at least 4 members (excludes halogenated alkanes) is 1. The van der Waals surface area contributed by atoms with E-state index in [0.29, 0.717) is 6.42 Å². The van der Waals surface area contributed by atoms with Crippen molar-refractivity contribution < 1.29 is 4.79 Å². The molecule has 0 aliphatic carbocycles. The molecule has 0 saturated carbocycles. The van der Waals surface area contributed by atoms with Crippen LogP contribution in [0.3, 0.4) is 0 Å². The lowest BCUT2D eigenvalue weighted by atomic mass is 10.2. The van der Waals surface area contributed by atoms with E-state index >= 15 is 0 Å². The Hall–Kier alpha value is -0.970. The van der Waals surface area contributed by atoms with Gasteiger partial charge in [0, 0.05) is 19.4 Å². The van der Waals surface area contributed by atoms with Crippen molar-refractivity contribution in [2.75, 3.05) is 6.54 Å². The van der Waals surface area contributed by atoms with Gasteiger partial charge in [-0.05, 0) is 20.3 Å². The van der Waals surface area contributed by atoms with Crippen LogP contribution in [0.1, 0.15) is 33.1 Å². The maximum Gasteiger partial charge on any atom is 0.220 e. The predicted octanol–water partition coefficient (Wildman–Crippen LogP) is 1.32. The number of nitrogens with one attached hydrogen (secondary N) is 1. The van der Waals surface area contributed by atoms with Gasteiger partial charge in [-0.1, -0.05) is 0 Å². The van der Waals surface area contributed by atoms with Crippen LogP contribution in [0.5, 0.6) is 0 Å². The van der Waals surface area contributed by atoms with Crippen molar-refractivity contribution in [2.45, 2.75) is 33.1 Å². The second-order valence-corrected chi connectivity index (χ2v) is 2.23. The summed E-state index contributed by atoms with van der Waals surface area (Å²) in [5.74, 6) is 5.84. The molecule has 2 nitrogen and oxygen atoms in total. The SMILES string of the molecule is CC#CCCCC(=O)NCC. The quantitative estimate of drug-likeness (QED) is 0.479. The Balaban J connectivity index is 3.22. The fraction of sp³-hybridized carbons (Fsp3) is 0.667. The van der Waals surface area contributed by atoms with Gasteiger partial charge in [-0.2, -0.15) is 0 Å². The van der Waals surface area contributed by atoms with Crippen LogP contribution in [0, 0.1) is 11.8 Å². The van der Waals surface area contributed by atoms with Gasteiger partial charge in [-0.15, -0.1) is 11.8 Å². The van der Waals surface area contributed by atoms with Gasteiger partial charge in [0.05, 0.1) is 0 Å². The lowest BCUT2D eigenvalue weighted by molar-refractivity contribution is -0.121. The van der Waals surface area contributed by atoms with Crippen molar-refractivity contribution >= 4 is 5.91 Å². The molecule has 62 valence electrons. The van der Waals surface area contributed by atoms with Crippen LogP contribution >= 0.6 is 0 Å². The van der Waals surface area contributed by atoms with Gasteiger partial charge >= 0.3 is 0 Å². The Bertz CT molecular complexity index is 164. The molecule has 0 rings (SSSR count). The Morgan fingerprint density at radius 3 is 2.82 bits per heavy atom. The lowest BCUT2D eigenvalue weighted by Gasteiger charge is -1.98. The highest BCUT2D eigenvalue weighted by molar-refractivity contribution is 5.75. The van der Waals surface area contributed by atoms with Crippen molar-refractivity contribution in [1.82, 2.24) is 5.32 Å². The molecule has 1 N–H and O–H groups in total. The van der Waals surface area contributed by atoms with Gasteiger partial charge in [0.15, 0.2) is 0 Å². The minimum atomic E-state index is 0.130. The van der Waals surface area contributed by atoms with Gasteiger partial charge in [0.1, 0.15) is 0 Å². The zero-order valence-electron chi connectivity index (χ0n) is 7.24. The van der Waals surface area contributed by atoms with Crippen molar-refractivity contribution in [3.05, 3.63) is 0 Å². The third-order valence-electron chi connectivity index (χ3n) is 1.26. The van der Waals surface area contributed by atoms with Crippen LogP contribution in [0.15, 0.2) is 0 Å². The average molecular weight is 153 g/mol. The van der Waals surface area contributed by atoms with E-state index in [1.54, 1.807) is 0 Å². The van der Waals surface area contributed by atoms with Crippen molar-refractivity contribution in [1.29, 1.82) is 0 Å². The second kappa shape index (κ2) is 7.14. The highest BCUT2D eigenvalue weighted by Crippen LogP contribution is 1.92. The Morgan fingerprint density at radius 1 is 1.55 bits per heavy atom. The minimum Gasteiger partial charge on any atom is -0.356 e. The van der Waals surface area contributed by atoms with Gasteiger partial charge in [-0.25, -0.2) is 0 Å². The standard InChI is InChI=1S/C9H15NO/c1-3-5-6-7-8-9(11)10-4-2/h4,6-8H2,1-2H3,(H,10,11). The first-order valence-corrected chi connectivity index (χ1v) is 3.97. The van der Waals surface area contributed by atoms with Gasteiger partial charge in [0.2, 0.25) is 5.91 Å². The molecule has 0 aromatic heterocycles. The second-order valence-electron chi connectivity index (χ2n) is 2.23. The lowest BCUT2D eigenvalue weighted by Crippen LogP contribution is -2.21. The third-order valence-corrected chi connectivity index (χ3v) is 1.26. The smallest absolute Gasteiger partial charge is 0.220 e. The number of carbonyl (C=O) groups is 1. The number of hydrogen-bond donors (Lipinski definition) is 1. The summed E-state index contributed by atoms with van der Waals surface area (Å²) in [6, 6.07) is 0. The van der Waals surface area contributed by atoms with Crippen LogP contribution in [0.4, 0.5) is 0 Å². The summed E-state index contributed by atoms with van der Waals surface area (Å²) < 4.78 is 0. The van der Waals surface area contributed by atoms with E-state index in [2.05, 4.69) is 17.2 Å². The molecule has 0 aromatic rings. The summed E-state index contributed by atoms with van der Waals surface area (Å²) in [5.41, 5.74) is 0. The first-order chi connectivity index (χ1) is 5.31. The predicted molar refractivity (Wildman–Crippen MR) is 46.0 cm³/mol. The third kappa shape index (κ3) is 6.92. The molecule has 0 bridgehead atoms. The van der Waals surface area contributed by atoms with Gasteiger partial charge < -0.3 is 5.32 Å². The molecule has 11 heavy (non-hydrogen) atoms. The van der Waals surface area contributed by atoms with Crippen LogP contribution in [0.25, 0.3) is 0 Å². The monoisotopic (exact) mass is 153 g/mol. The van der Waals surface area contributed by atoms with Crippen LogP contribution < -0.4 is 5.32 Å². The van der Waals surface area contributed by atoms with Crippen LogP contribution in [-0.2, 0) is 4.79 Å². The van der Waals surface area contributed by atoms with E-state index < -0.39 is 0 Å². The molecule has 0 aliphatic heterocycles. The molecule has 0 aromatic carbocycles. The van der Waals surface area contributed by atoms with E-state index in [1.165, 1.54) is 0 Å². The molecular weight excluding hydrogens is 138 g/mol. The Kier molecular flexibility index (Phi) is 6.51. The van der Waals surface area contributed by atoms with Gasteiger partial charge in [0.25, 0.3) is 0 Å². The summed E-state index contributed by atoms with van der Waals surface area (Å²) >= 11 is 0. The summed E-state index contributed by atoms with van der Waals surface area (Å²) in [5, 5.41) is 2.74. The number of rotatable bonds is 4. The zero-order chi connectivity index (χ0) is 8.53. The van der Waals surface area contributed by atoms with E-state index in [1.807, 2.05) is 13.8 Å². The average Bonchev–Trinajstić information content (AvgIpc) is 1.99. The minimum absolute atomic E-state index is 0.130. The van der Waals surface area contributed by atoms with E-state index in [-0.39, 0.29) is 5.91 Å². The molecule has 1 amide bonds. The summed E-state index contributed by atoms with van der Waals surface area (Å²) in [6.45, 7) is 4.45. The largest absolute Gasteiger partial charge is 0.356 e. The van der Waals surface area contributed by atoms with Crippen LogP contribution in [0.2, 0.25) is 0 Å². The van der Waals surface area contributed by atoms with Crippen LogP contribution in [-0.4, -0.2) is 12.5 Å². The van der Waals surface area contributed by atoms with Crippen molar-refractivity contribution in [2.24, 2.45) is 0 Å². The van der Waals surface area contributed by atoms with Crippen molar-refractivity contribution in [3.8, 4) is 11.8 Å². The number of amides is 1. The maximum absolute atomic E-state index is 10.8. The Morgan fingerprint density at radius 2 is 2.27 bits per heavy atom. The molecule has 0 spiro atoms. The molecule has 0 atom stereocenters. The first kappa shape index (κ1) is 10.0. The molecule has 0 radical (unpaired) electrons. The molecule has 2 heteroatoms. The molecule has 0 unspecified atom stereocenters. The maximum atomic E-state index is 10.8. The van der Waals surface area contributed by atoms with Gasteiger partial charge in [-0.3, -0.25) is 4.79 Å². The molecular formula is C9H15NO. The summed E-state index contributed by atoms with van der Waals surface area (Å²) in [6.07, 6.45) is 2.29. The van der Waals surface area contributed by atoms with E-state index in [4.69, 9.17) is 0 Å². The fourth-order valence-corrected chi connectivity index (χ4v) is 0.748. The number of hydrogen-bond acceptors (Lipinski definition) is 1. The normalized spacial score (nSPS) is 8.18. The molecule has 0 fully saturated rings. The Labute approximate surface area is 68.4 Å². The number of carbonyl (C=O) groups excluding carboxylic acids is 1. The molecule has 0 aliphatic rings. The highest BCUT2D eigenvalue weighted by atomic mass is 16.1. The van der Waals surface area contributed by atoms with E-state index in [9.17, 15) is 4.79 Å². The molecule has 0 heterocycles. The first-order valence-electron chi connectivity index (χ1n) is 3.97. The zero-order valence-corrected chi connectivity index (χ0v) is 7.24. The van der Waals surface area contributed by atoms with E-state index in [0.717, 1.165) is 19.4 Å². The highest BCUT2D eigenvalue weighted by Gasteiger charge is 1.95. The fourth-order valence-electron chi connectivity index (χ4n) is 0.748. The topological polar surface area (TPSA) is 29.1 Å².